The van der Waals surface area contributed by atoms with E-state index in [0.717, 1.165) is 6.20 Å². The minimum atomic E-state index is -0.634. The van der Waals surface area contributed by atoms with Gasteiger partial charge in [0.15, 0.2) is 0 Å². The van der Waals surface area contributed by atoms with E-state index in [1.807, 2.05) is 0 Å². The number of pyridine rings is 1. The van der Waals surface area contributed by atoms with Crippen LogP contribution < -0.4 is 5.32 Å². The molecule has 1 aliphatic rings. The lowest BCUT2D eigenvalue weighted by molar-refractivity contribution is -0.148. The van der Waals surface area contributed by atoms with E-state index in [2.05, 4.69) is 10.3 Å². The second kappa shape index (κ2) is 5.07. The molecule has 108 valence electrons. The first kappa shape index (κ1) is 14.2. The van der Waals surface area contributed by atoms with Gasteiger partial charge in [-0.2, -0.15) is 0 Å². The van der Waals surface area contributed by atoms with Crippen molar-refractivity contribution >= 4 is 17.8 Å². The average Bonchev–Trinajstić information content (AvgIpc) is 2.64. The summed E-state index contributed by atoms with van der Waals surface area (Å²) in [5, 5.41) is 2.50. The minimum Gasteiger partial charge on any atom is -0.458 e. The highest BCUT2D eigenvalue weighted by molar-refractivity contribution is 5.92. The van der Waals surface area contributed by atoms with Crippen molar-refractivity contribution in [1.82, 2.24) is 9.88 Å². The normalized spacial score (nSPS) is 20.4. The van der Waals surface area contributed by atoms with Gasteiger partial charge in [0, 0.05) is 13.5 Å². The van der Waals surface area contributed by atoms with Crippen LogP contribution in [-0.4, -0.2) is 40.6 Å². The number of likely N-dealkylation sites (N-methyl/N-ethyl adjacent to an activating group) is 1. The second-order valence-electron chi connectivity index (χ2n) is 5.30. The molecule has 1 N–H and O–H groups in total. The Morgan fingerprint density at radius 3 is 2.75 bits per heavy atom. The number of hydrogen-bond acceptors (Lipinski definition) is 4. The van der Waals surface area contributed by atoms with Crippen LogP contribution in [0.15, 0.2) is 18.3 Å². The zero-order valence-electron chi connectivity index (χ0n) is 11.5. The number of amides is 2. The molecular formula is C13H16FN3O3. The van der Waals surface area contributed by atoms with Crippen LogP contribution in [0.25, 0.3) is 0 Å². The number of anilines is 1. The van der Waals surface area contributed by atoms with E-state index in [1.165, 1.54) is 24.1 Å². The first-order chi connectivity index (χ1) is 9.28. The van der Waals surface area contributed by atoms with Gasteiger partial charge in [-0.15, -0.1) is 0 Å². The van der Waals surface area contributed by atoms with Crippen molar-refractivity contribution in [3.8, 4) is 0 Å². The highest BCUT2D eigenvalue weighted by Gasteiger charge is 2.43. The highest BCUT2D eigenvalue weighted by Crippen LogP contribution is 2.28. The number of carbonyl (C=O) groups is 2. The number of aromatic nitrogens is 1. The first-order valence-corrected chi connectivity index (χ1v) is 6.17. The summed E-state index contributed by atoms with van der Waals surface area (Å²) < 4.78 is 17.9. The van der Waals surface area contributed by atoms with Crippen molar-refractivity contribution in [2.45, 2.75) is 31.9 Å². The number of halogens is 1. The van der Waals surface area contributed by atoms with Crippen LogP contribution in [0.4, 0.5) is 15.0 Å². The summed E-state index contributed by atoms with van der Waals surface area (Å²) in [5.41, 5.74) is -0.579. The van der Waals surface area contributed by atoms with E-state index in [4.69, 9.17) is 4.74 Å². The first-order valence-electron chi connectivity index (χ1n) is 6.17. The number of cyclic esters (lactones) is 1. The number of esters is 1. The number of hydrogen-bond donors (Lipinski definition) is 1. The lowest BCUT2D eigenvalue weighted by atomic mass is 10.0. The van der Waals surface area contributed by atoms with Crippen LogP contribution in [-0.2, 0) is 9.53 Å². The van der Waals surface area contributed by atoms with E-state index >= 15 is 0 Å². The standard InChI is InChI=1S/C13H16FN3O3/c1-13(2)6-9(11(18)20-13)17(3)12(19)16-10-5-4-8(14)7-15-10/h4-5,7,9H,6H2,1-3H3,(H,15,16,19)/t9-/m0/s1. The molecule has 1 aromatic rings. The summed E-state index contributed by atoms with van der Waals surface area (Å²) in [5.74, 6) is -0.703. The quantitative estimate of drug-likeness (QED) is 0.839. The molecule has 2 heterocycles. The second-order valence-corrected chi connectivity index (χ2v) is 5.30. The Bertz CT molecular complexity index is 530. The van der Waals surface area contributed by atoms with Crippen molar-refractivity contribution in [1.29, 1.82) is 0 Å². The van der Waals surface area contributed by atoms with Crippen molar-refractivity contribution in [2.75, 3.05) is 12.4 Å². The van der Waals surface area contributed by atoms with E-state index in [0.29, 0.717) is 6.42 Å². The largest absolute Gasteiger partial charge is 0.458 e. The molecule has 1 atom stereocenters. The van der Waals surface area contributed by atoms with Crippen molar-refractivity contribution < 1.29 is 18.7 Å². The molecule has 20 heavy (non-hydrogen) atoms. The molecule has 0 radical (unpaired) electrons. The highest BCUT2D eigenvalue weighted by atomic mass is 19.1. The number of nitrogens with one attached hydrogen (secondary N) is 1. The van der Waals surface area contributed by atoms with Crippen LogP contribution in [0.2, 0.25) is 0 Å². The molecule has 1 aliphatic heterocycles. The van der Waals surface area contributed by atoms with Gasteiger partial charge in [-0.3, -0.25) is 5.32 Å². The van der Waals surface area contributed by atoms with Gasteiger partial charge < -0.3 is 9.64 Å². The molecule has 0 saturated carbocycles. The van der Waals surface area contributed by atoms with Crippen LogP contribution in [0, 0.1) is 5.82 Å². The Morgan fingerprint density at radius 2 is 2.25 bits per heavy atom. The molecular weight excluding hydrogens is 265 g/mol. The SMILES string of the molecule is CN(C(=O)Nc1ccc(F)cn1)[C@H]1CC(C)(C)OC1=O. The topological polar surface area (TPSA) is 71.5 Å². The van der Waals surface area contributed by atoms with E-state index in [-0.39, 0.29) is 5.82 Å². The number of nitrogens with zero attached hydrogens (tertiary/aromatic N) is 2. The molecule has 0 aromatic carbocycles. The number of urea groups is 1. The summed E-state index contributed by atoms with van der Waals surface area (Å²) in [7, 11) is 1.51. The van der Waals surface area contributed by atoms with Crippen LogP contribution in [0.3, 0.4) is 0 Å². The van der Waals surface area contributed by atoms with Crippen LogP contribution >= 0.6 is 0 Å². The number of rotatable bonds is 2. The summed E-state index contributed by atoms with van der Waals surface area (Å²) in [6.07, 6.45) is 1.43. The van der Waals surface area contributed by atoms with Crippen LogP contribution in [0.5, 0.6) is 0 Å². The maximum absolute atomic E-state index is 12.7. The molecule has 0 aliphatic carbocycles. The Balaban J connectivity index is 2.02. The summed E-state index contributed by atoms with van der Waals surface area (Å²) in [4.78, 5) is 28.7. The van der Waals surface area contributed by atoms with Crippen molar-refractivity contribution in [3.63, 3.8) is 0 Å². The smallest absolute Gasteiger partial charge is 0.329 e. The molecule has 7 heteroatoms. The monoisotopic (exact) mass is 281 g/mol. The molecule has 2 amide bonds. The van der Waals surface area contributed by atoms with Gasteiger partial charge in [0.2, 0.25) is 0 Å². The van der Waals surface area contributed by atoms with Crippen LogP contribution in [0.1, 0.15) is 20.3 Å². The molecule has 0 unspecified atom stereocenters. The summed E-state index contributed by atoms with van der Waals surface area (Å²) in [6.45, 7) is 3.58. The Labute approximate surface area is 115 Å². The van der Waals surface area contributed by atoms with Crippen molar-refractivity contribution in [2.24, 2.45) is 0 Å². The third kappa shape index (κ3) is 3.04. The zero-order valence-corrected chi connectivity index (χ0v) is 11.5. The molecule has 2 rings (SSSR count). The van der Waals surface area contributed by atoms with Gasteiger partial charge in [-0.05, 0) is 26.0 Å². The fourth-order valence-corrected chi connectivity index (χ4v) is 2.02. The lowest BCUT2D eigenvalue weighted by Gasteiger charge is -2.22. The maximum atomic E-state index is 12.7. The number of ether oxygens (including phenoxy) is 1. The Kier molecular flexibility index (Phi) is 3.61. The predicted molar refractivity (Wildman–Crippen MR) is 69.6 cm³/mol. The molecule has 0 bridgehead atoms. The third-order valence-electron chi connectivity index (χ3n) is 3.08. The predicted octanol–water partition coefficient (Wildman–Crippen LogP) is 1.78. The fraction of sp³-hybridized carbons (Fsp3) is 0.462. The van der Waals surface area contributed by atoms with Crippen molar-refractivity contribution in [3.05, 3.63) is 24.1 Å². The summed E-state index contributed by atoms with van der Waals surface area (Å²) >= 11 is 0. The summed E-state index contributed by atoms with van der Waals surface area (Å²) in [6, 6.07) is 1.40. The Hall–Kier alpha value is -2.18. The van der Waals surface area contributed by atoms with E-state index in [1.54, 1.807) is 13.8 Å². The zero-order chi connectivity index (χ0) is 14.9. The molecule has 1 saturated heterocycles. The Morgan fingerprint density at radius 1 is 1.55 bits per heavy atom. The minimum absolute atomic E-state index is 0.217. The van der Waals surface area contributed by atoms with Gasteiger partial charge >= 0.3 is 12.0 Å². The lowest BCUT2D eigenvalue weighted by Crippen LogP contribution is -2.42. The molecule has 1 fully saturated rings. The molecule has 6 nitrogen and oxygen atoms in total. The van der Waals surface area contributed by atoms with Gasteiger partial charge in [0.25, 0.3) is 0 Å². The average molecular weight is 281 g/mol. The van der Waals surface area contributed by atoms with Gasteiger partial charge in [-0.1, -0.05) is 0 Å². The number of carbonyl (C=O) groups excluding carboxylic acids is 2. The fourth-order valence-electron chi connectivity index (χ4n) is 2.02. The van der Waals surface area contributed by atoms with E-state index < -0.39 is 29.5 Å². The third-order valence-corrected chi connectivity index (χ3v) is 3.08. The maximum Gasteiger partial charge on any atom is 0.329 e. The molecule has 0 spiro atoms. The van der Waals surface area contributed by atoms with Gasteiger partial charge in [-0.25, -0.2) is 19.0 Å². The van der Waals surface area contributed by atoms with E-state index in [9.17, 15) is 14.0 Å². The van der Waals surface area contributed by atoms with Gasteiger partial charge in [0.05, 0.1) is 6.20 Å². The van der Waals surface area contributed by atoms with Gasteiger partial charge in [0.1, 0.15) is 23.3 Å². The molecule has 1 aromatic heterocycles.